The van der Waals surface area contributed by atoms with Crippen LogP contribution in [-0.2, 0) is 16.6 Å². The number of hydrogen-bond donors (Lipinski definition) is 1. The molecule has 7 nitrogen and oxygen atoms in total. The first kappa shape index (κ1) is 23.2. The number of thiazole rings is 1. The number of aromatic nitrogens is 1. The monoisotopic (exact) mass is 504 g/mol. The third kappa shape index (κ3) is 5.00. The Labute approximate surface area is 200 Å². The van der Waals surface area contributed by atoms with Crippen molar-refractivity contribution in [3.05, 3.63) is 75.4 Å². The Bertz CT molecular complexity index is 1460. The number of nitrogens with zero attached hydrogens (tertiary/aromatic N) is 1. The Morgan fingerprint density at radius 2 is 1.76 bits per heavy atom. The zero-order chi connectivity index (χ0) is 23.6. The SMILES string of the molecule is CCCn1c(=O)sc2cc(S(=O)(=O)Nc3cc(Cl)ccc3Oc3ccc(OC)cc3)ccc21. The van der Waals surface area contributed by atoms with Gasteiger partial charge < -0.3 is 9.47 Å². The number of nitrogens with one attached hydrogen (secondary N) is 1. The Hall–Kier alpha value is -3.01. The number of rotatable bonds is 8. The van der Waals surface area contributed by atoms with Gasteiger partial charge in [-0.1, -0.05) is 29.9 Å². The topological polar surface area (TPSA) is 86.6 Å². The predicted octanol–water partition coefficient (Wildman–Crippen LogP) is 5.73. The van der Waals surface area contributed by atoms with Crippen molar-refractivity contribution in [2.24, 2.45) is 0 Å². The van der Waals surface area contributed by atoms with Crippen LogP contribution in [0, 0.1) is 0 Å². The van der Waals surface area contributed by atoms with Crippen molar-refractivity contribution in [1.82, 2.24) is 4.57 Å². The van der Waals surface area contributed by atoms with Crippen LogP contribution in [-0.4, -0.2) is 20.1 Å². The van der Waals surface area contributed by atoms with Crippen molar-refractivity contribution < 1.29 is 17.9 Å². The van der Waals surface area contributed by atoms with Gasteiger partial charge >= 0.3 is 4.87 Å². The third-order valence-electron chi connectivity index (χ3n) is 4.87. The maximum absolute atomic E-state index is 13.2. The zero-order valence-electron chi connectivity index (χ0n) is 17.9. The summed E-state index contributed by atoms with van der Waals surface area (Å²) >= 11 is 7.14. The molecule has 33 heavy (non-hydrogen) atoms. The standard InChI is InChI=1S/C23H21ClN2O5S2/c1-3-12-26-20-10-9-18(14-22(20)32-23(26)27)33(28,29)25-19-13-15(24)4-11-21(19)31-17-7-5-16(30-2)6-8-17/h4-11,13-14,25H,3,12H2,1-2H3. The van der Waals surface area contributed by atoms with E-state index in [0.717, 1.165) is 23.3 Å². The van der Waals surface area contributed by atoms with Crippen LogP contribution in [0.25, 0.3) is 10.2 Å². The van der Waals surface area contributed by atoms with Gasteiger partial charge in [-0.15, -0.1) is 0 Å². The van der Waals surface area contributed by atoms with Gasteiger partial charge in [0.1, 0.15) is 11.5 Å². The number of aryl methyl sites for hydroxylation is 1. The van der Waals surface area contributed by atoms with Gasteiger partial charge in [0.2, 0.25) is 0 Å². The number of fused-ring (bicyclic) bond motifs is 1. The number of methoxy groups -OCH3 is 1. The van der Waals surface area contributed by atoms with Gasteiger partial charge in [0.05, 0.1) is 27.9 Å². The molecule has 0 bridgehead atoms. The molecule has 0 saturated carbocycles. The number of anilines is 1. The highest BCUT2D eigenvalue weighted by molar-refractivity contribution is 7.92. The molecule has 0 aliphatic rings. The van der Waals surface area contributed by atoms with Crippen molar-refractivity contribution in [2.45, 2.75) is 24.8 Å². The third-order valence-corrected chi connectivity index (χ3v) is 7.41. The number of halogens is 1. The van der Waals surface area contributed by atoms with Crippen LogP contribution in [0.15, 0.2) is 70.4 Å². The molecule has 0 radical (unpaired) electrons. The van der Waals surface area contributed by atoms with E-state index in [1.807, 2.05) is 6.92 Å². The highest BCUT2D eigenvalue weighted by Gasteiger charge is 2.19. The lowest BCUT2D eigenvalue weighted by Crippen LogP contribution is -2.14. The number of hydrogen-bond acceptors (Lipinski definition) is 6. The largest absolute Gasteiger partial charge is 0.497 e. The molecule has 0 atom stereocenters. The van der Waals surface area contributed by atoms with E-state index in [2.05, 4.69) is 4.72 Å². The minimum atomic E-state index is -3.98. The Kier molecular flexibility index (Phi) is 6.64. The molecule has 0 spiro atoms. The Balaban J connectivity index is 1.66. The van der Waals surface area contributed by atoms with Gasteiger partial charge in [-0.2, -0.15) is 0 Å². The van der Waals surface area contributed by atoms with Crippen LogP contribution < -0.4 is 19.1 Å². The number of ether oxygens (including phenoxy) is 2. The minimum absolute atomic E-state index is 0.0373. The van der Waals surface area contributed by atoms with Crippen LogP contribution in [0.5, 0.6) is 17.2 Å². The normalized spacial score (nSPS) is 11.5. The molecule has 4 aromatic rings. The second-order valence-electron chi connectivity index (χ2n) is 7.17. The van der Waals surface area contributed by atoms with Crippen LogP contribution in [0.4, 0.5) is 5.69 Å². The van der Waals surface area contributed by atoms with Gasteiger partial charge in [0, 0.05) is 11.6 Å². The highest BCUT2D eigenvalue weighted by Crippen LogP contribution is 2.34. The van der Waals surface area contributed by atoms with E-state index in [9.17, 15) is 13.2 Å². The average Bonchev–Trinajstić information content (AvgIpc) is 3.10. The van der Waals surface area contributed by atoms with E-state index in [1.54, 1.807) is 54.1 Å². The van der Waals surface area contributed by atoms with Gasteiger partial charge in [0.25, 0.3) is 10.0 Å². The fourth-order valence-electron chi connectivity index (χ4n) is 3.29. The molecule has 1 aromatic heterocycles. The summed E-state index contributed by atoms with van der Waals surface area (Å²) < 4.78 is 42.1. The Morgan fingerprint density at radius 1 is 1.03 bits per heavy atom. The second kappa shape index (κ2) is 9.46. The summed E-state index contributed by atoms with van der Waals surface area (Å²) in [6, 6.07) is 16.2. The average molecular weight is 505 g/mol. The zero-order valence-corrected chi connectivity index (χ0v) is 20.3. The summed E-state index contributed by atoms with van der Waals surface area (Å²) in [7, 11) is -2.41. The minimum Gasteiger partial charge on any atom is -0.497 e. The van der Waals surface area contributed by atoms with Crippen molar-refractivity contribution >= 4 is 48.9 Å². The molecule has 0 amide bonds. The molecular weight excluding hydrogens is 484 g/mol. The van der Waals surface area contributed by atoms with E-state index in [-0.39, 0.29) is 21.2 Å². The van der Waals surface area contributed by atoms with E-state index in [4.69, 9.17) is 21.1 Å². The van der Waals surface area contributed by atoms with E-state index in [0.29, 0.717) is 27.8 Å². The highest BCUT2D eigenvalue weighted by atomic mass is 35.5. The van der Waals surface area contributed by atoms with Crippen LogP contribution in [0.1, 0.15) is 13.3 Å². The molecule has 0 unspecified atom stereocenters. The van der Waals surface area contributed by atoms with Crippen molar-refractivity contribution in [1.29, 1.82) is 0 Å². The summed E-state index contributed by atoms with van der Waals surface area (Å²) in [5.74, 6) is 1.46. The maximum atomic E-state index is 13.2. The lowest BCUT2D eigenvalue weighted by molar-refractivity contribution is 0.413. The summed E-state index contributed by atoms with van der Waals surface area (Å²) in [4.78, 5) is 12.2. The fraction of sp³-hybridized carbons (Fsp3) is 0.174. The Morgan fingerprint density at radius 3 is 2.45 bits per heavy atom. The first-order valence-corrected chi connectivity index (χ1v) is 12.8. The number of benzene rings is 3. The molecule has 0 aliphatic heterocycles. The molecule has 172 valence electrons. The first-order valence-electron chi connectivity index (χ1n) is 10.1. The van der Waals surface area contributed by atoms with E-state index < -0.39 is 10.0 Å². The molecule has 0 aliphatic carbocycles. The van der Waals surface area contributed by atoms with Crippen LogP contribution in [0.2, 0.25) is 5.02 Å². The smallest absolute Gasteiger partial charge is 0.308 e. The maximum Gasteiger partial charge on any atom is 0.308 e. The molecule has 4 rings (SSSR count). The van der Waals surface area contributed by atoms with Crippen molar-refractivity contribution in [3.8, 4) is 17.2 Å². The van der Waals surface area contributed by atoms with Gasteiger partial charge in [-0.05, 0) is 67.1 Å². The quantitative estimate of drug-likeness (QED) is 0.331. The van der Waals surface area contributed by atoms with Crippen LogP contribution >= 0.6 is 22.9 Å². The molecule has 0 fully saturated rings. The van der Waals surface area contributed by atoms with Gasteiger partial charge in [-0.3, -0.25) is 14.1 Å². The van der Waals surface area contributed by atoms with Crippen molar-refractivity contribution in [3.63, 3.8) is 0 Å². The predicted molar refractivity (Wildman–Crippen MR) is 132 cm³/mol. The number of sulfonamides is 1. The second-order valence-corrected chi connectivity index (χ2v) is 10.3. The van der Waals surface area contributed by atoms with E-state index in [1.165, 1.54) is 18.2 Å². The first-order chi connectivity index (χ1) is 15.8. The summed E-state index contributed by atoms with van der Waals surface area (Å²) in [5, 5.41) is 0.347. The van der Waals surface area contributed by atoms with Gasteiger partial charge in [0.15, 0.2) is 5.75 Å². The summed E-state index contributed by atoms with van der Waals surface area (Å²) in [5.41, 5.74) is 0.909. The molecule has 0 saturated heterocycles. The molecule has 3 aromatic carbocycles. The lowest BCUT2D eigenvalue weighted by Gasteiger charge is -2.14. The van der Waals surface area contributed by atoms with E-state index >= 15 is 0 Å². The lowest BCUT2D eigenvalue weighted by atomic mass is 10.3. The van der Waals surface area contributed by atoms with Gasteiger partial charge in [-0.25, -0.2) is 8.42 Å². The molecule has 10 heteroatoms. The molecule has 1 N–H and O–H groups in total. The van der Waals surface area contributed by atoms with Crippen LogP contribution in [0.3, 0.4) is 0 Å². The van der Waals surface area contributed by atoms with Crippen molar-refractivity contribution in [2.75, 3.05) is 11.8 Å². The molecular formula is C23H21ClN2O5S2. The fourth-order valence-corrected chi connectivity index (χ4v) is 5.59. The molecule has 1 heterocycles. The summed E-state index contributed by atoms with van der Waals surface area (Å²) in [6.45, 7) is 2.56. The summed E-state index contributed by atoms with van der Waals surface area (Å²) in [6.07, 6.45) is 0.805.